The first-order valence-electron chi connectivity index (χ1n) is 9.67. The molecule has 0 aliphatic heterocycles. The molecule has 1 aromatic heterocycles. The number of amides is 1. The highest BCUT2D eigenvalue weighted by molar-refractivity contribution is 7.89. The molecule has 0 bridgehead atoms. The van der Waals surface area contributed by atoms with Crippen LogP contribution in [-0.2, 0) is 27.7 Å². The van der Waals surface area contributed by atoms with Crippen molar-refractivity contribution in [2.45, 2.75) is 44.9 Å². The Labute approximate surface area is 171 Å². The van der Waals surface area contributed by atoms with Crippen molar-refractivity contribution in [1.29, 1.82) is 0 Å². The molecule has 0 radical (unpaired) electrons. The summed E-state index contributed by atoms with van der Waals surface area (Å²) in [7, 11) is -1.75. The number of hydrogen-bond acceptors (Lipinski definition) is 5. The molecule has 1 heterocycles. The van der Waals surface area contributed by atoms with Crippen molar-refractivity contribution in [2.75, 3.05) is 24.2 Å². The molecule has 1 aliphatic carbocycles. The number of carbonyl (C=O) groups excluding carboxylic acids is 1. The zero-order chi connectivity index (χ0) is 20.1. The maximum Gasteiger partial charge on any atom is 0.243 e. The average molecular weight is 422 g/mol. The van der Waals surface area contributed by atoms with Gasteiger partial charge in [0, 0.05) is 11.9 Å². The van der Waals surface area contributed by atoms with E-state index in [9.17, 15) is 13.2 Å². The molecule has 0 fully saturated rings. The Morgan fingerprint density at radius 2 is 2.07 bits per heavy atom. The van der Waals surface area contributed by atoms with Crippen LogP contribution in [-0.4, -0.2) is 38.7 Å². The Kier molecular flexibility index (Phi) is 6.85. The van der Waals surface area contributed by atoms with Crippen molar-refractivity contribution in [3.05, 3.63) is 46.5 Å². The lowest BCUT2D eigenvalue weighted by atomic mass is 9.85. The zero-order valence-corrected chi connectivity index (χ0v) is 18.0. The Morgan fingerprint density at radius 3 is 2.79 bits per heavy atom. The Hall–Kier alpha value is -1.77. The Morgan fingerprint density at radius 1 is 1.32 bits per heavy atom. The highest BCUT2D eigenvalue weighted by Crippen LogP contribution is 2.37. The van der Waals surface area contributed by atoms with Crippen LogP contribution in [0.5, 0.6) is 0 Å². The van der Waals surface area contributed by atoms with Crippen LogP contribution < -0.4 is 9.62 Å². The number of likely N-dealkylation sites (N-methyl/N-ethyl adjacent to an activating group) is 1. The van der Waals surface area contributed by atoms with Crippen LogP contribution in [0.2, 0.25) is 0 Å². The van der Waals surface area contributed by atoms with Crippen molar-refractivity contribution in [3.63, 3.8) is 0 Å². The van der Waals surface area contributed by atoms with E-state index in [1.54, 1.807) is 7.05 Å². The zero-order valence-electron chi connectivity index (χ0n) is 16.3. The van der Waals surface area contributed by atoms with E-state index >= 15 is 0 Å². The molecule has 3 rings (SSSR count). The van der Waals surface area contributed by atoms with Crippen molar-refractivity contribution < 1.29 is 13.2 Å². The number of benzene rings is 1. The molecule has 1 aliphatic rings. The van der Waals surface area contributed by atoms with Crippen molar-refractivity contribution in [1.82, 2.24) is 9.71 Å². The first kappa shape index (κ1) is 21.0. The van der Waals surface area contributed by atoms with Gasteiger partial charge >= 0.3 is 0 Å². The van der Waals surface area contributed by atoms with Crippen LogP contribution in [0.25, 0.3) is 0 Å². The standard InChI is InChI=1S/C20H27N3O3S2/c1-3-4-12-28(25,26)21-14-19(24)23(2)20-22-17-11-10-16(13-18(17)27-20)15-8-6-5-7-9-15/h5-9,16,21H,3-4,10-14H2,1-2H3/t16-/m1/s1. The predicted octanol–water partition coefficient (Wildman–Crippen LogP) is 3.10. The van der Waals surface area contributed by atoms with E-state index in [0.29, 0.717) is 17.5 Å². The maximum absolute atomic E-state index is 12.4. The van der Waals surface area contributed by atoms with Crippen LogP contribution in [0.4, 0.5) is 5.13 Å². The summed E-state index contributed by atoms with van der Waals surface area (Å²) in [5.41, 5.74) is 2.41. The van der Waals surface area contributed by atoms with Crippen LogP contribution in [0.1, 0.15) is 48.2 Å². The van der Waals surface area contributed by atoms with Gasteiger partial charge in [-0.15, -0.1) is 11.3 Å². The fourth-order valence-electron chi connectivity index (χ4n) is 3.32. The van der Waals surface area contributed by atoms with Crippen LogP contribution in [0, 0.1) is 0 Å². The summed E-state index contributed by atoms with van der Waals surface area (Å²) in [6, 6.07) is 10.5. The molecule has 1 atom stereocenters. The van der Waals surface area contributed by atoms with Crippen LogP contribution in [0.15, 0.2) is 30.3 Å². The second-order valence-electron chi connectivity index (χ2n) is 7.16. The molecule has 0 spiro atoms. The molecule has 1 aromatic carbocycles. The van der Waals surface area contributed by atoms with Crippen molar-refractivity contribution in [3.8, 4) is 0 Å². The van der Waals surface area contributed by atoms with Gasteiger partial charge in [0.05, 0.1) is 18.0 Å². The van der Waals surface area contributed by atoms with Gasteiger partial charge in [-0.2, -0.15) is 0 Å². The third kappa shape index (κ3) is 5.18. The van der Waals surface area contributed by atoms with Crippen molar-refractivity contribution in [2.24, 2.45) is 0 Å². The summed E-state index contributed by atoms with van der Waals surface area (Å²) < 4.78 is 26.2. The summed E-state index contributed by atoms with van der Waals surface area (Å²) >= 11 is 1.53. The topological polar surface area (TPSA) is 79.4 Å². The molecule has 2 aromatic rings. The van der Waals surface area contributed by atoms with Gasteiger partial charge in [-0.3, -0.25) is 9.69 Å². The van der Waals surface area contributed by atoms with Gasteiger partial charge in [0.15, 0.2) is 5.13 Å². The molecule has 0 unspecified atom stereocenters. The number of rotatable bonds is 8. The molecule has 0 saturated heterocycles. The summed E-state index contributed by atoms with van der Waals surface area (Å²) in [5.74, 6) is 0.228. The average Bonchev–Trinajstić information content (AvgIpc) is 3.14. The number of fused-ring (bicyclic) bond motifs is 1. The van der Waals surface area contributed by atoms with E-state index in [0.717, 1.165) is 31.4 Å². The monoisotopic (exact) mass is 421 g/mol. The first-order valence-corrected chi connectivity index (χ1v) is 12.1. The lowest BCUT2D eigenvalue weighted by molar-refractivity contribution is -0.117. The highest BCUT2D eigenvalue weighted by atomic mass is 32.2. The van der Waals surface area contributed by atoms with Gasteiger partial charge in [0.25, 0.3) is 0 Å². The number of carbonyl (C=O) groups is 1. The van der Waals surface area contributed by atoms with E-state index in [-0.39, 0.29) is 18.2 Å². The quantitative estimate of drug-likeness (QED) is 0.710. The Balaban J connectivity index is 1.62. The molecule has 1 N–H and O–H groups in total. The molecular formula is C20H27N3O3S2. The second-order valence-corrected chi connectivity index (χ2v) is 10.2. The SMILES string of the molecule is CCCCS(=O)(=O)NCC(=O)N(C)c1nc2c(s1)C[C@H](c1ccccc1)CC2. The third-order valence-corrected chi connectivity index (χ3v) is 7.68. The number of nitrogens with zero attached hydrogens (tertiary/aromatic N) is 2. The van der Waals surface area contributed by atoms with E-state index in [1.807, 2.05) is 13.0 Å². The maximum atomic E-state index is 12.4. The highest BCUT2D eigenvalue weighted by Gasteiger charge is 2.26. The van der Waals surface area contributed by atoms with E-state index in [4.69, 9.17) is 0 Å². The minimum Gasteiger partial charge on any atom is -0.290 e. The lowest BCUT2D eigenvalue weighted by Crippen LogP contribution is -2.39. The Bertz CT molecular complexity index is 910. The molecule has 28 heavy (non-hydrogen) atoms. The molecular weight excluding hydrogens is 394 g/mol. The summed E-state index contributed by atoms with van der Waals surface area (Å²) in [6.45, 7) is 1.69. The second kappa shape index (κ2) is 9.15. The van der Waals surface area contributed by atoms with Gasteiger partial charge in [0.1, 0.15) is 0 Å². The fourth-order valence-corrected chi connectivity index (χ4v) is 5.64. The van der Waals surface area contributed by atoms with Gasteiger partial charge in [0.2, 0.25) is 15.9 Å². The summed E-state index contributed by atoms with van der Waals surface area (Å²) in [6.07, 6.45) is 4.26. The predicted molar refractivity (Wildman–Crippen MR) is 113 cm³/mol. The smallest absolute Gasteiger partial charge is 0.243 e. The number of hydrogen-bond donors (Lipinski definition) is 1. The summed E-state index contributed by atoms with van der Waals surface area (Å²) in [5, 5.41) is 0.636. The molecule has 8 heteroatoms. The minimum absolute atomic E-state index is 0.0485. The number of aromatic nitrogens is 1. The van der Waals surface area contributed by atoms with Gasteiger partial charge in [-0.05, 0) is 37.2 Å². The van der Waals surface area contributed by atoms with E-state index in [1.165, 1.54) is 26.7 Å². The van der Waals surface area contributed by atoms with Crippen LogP contribution >= 0.6 is 11.3 Å². The molecule has 152 valence electrons. The first-order chi connectivity index (χ1) is 13.4. The minimum atomic E-state index is -3.41. The molecule has 6 nitrogen and oxygen atoms in total. The number of nitrogens with one attached hydrogen (secondary N) is 1. The van der Waals surface area contributed by atoms with Gasteiger partial charge in [-0.25, -0.2) is 18.1 Å². The third-order valence-electron chi connectivity index (χ3n) is 5.07. The largest absolute Gasteiger partial charge is 0.290 e. The van der Waals surface area contributed by atoms with Gasteiger partial charge < -0.3 is 0 Å². The normalized spacial score (nSPS) is 16.6. The number of unbranched alkanes of at least 4 members (excludes halogenated alkanes) is 1. The lowest BCUT2D eigenvalue weighted by Gasteiger charge is -2.21. The number of sulfonamides is 1. The van der Waals surface area contributed by atoms with E-state index < -0.39 is 10.0 Å². The molecule has 0 saturated carbocycles. The van der Waals surface area contributed by atoms with Crippen LogP contribution in [0.3, 0.4) is 0 Å². The number of thiazole rings is 1. The summed E-state index contributed by atoms with van der Waals surface area (Å²) in [4.78, 5) is 19.8. The van der Waals surface area contributed by atoms with Gasteiger partial charge in [-0.1, -0.05) is 43.7 Å². The van der Waals surface area contributed by atoms with Crippen molar-refractivity contribution >= 4 is 32.4 Å². The molecule has 1 amide bonds. The van der Waals surface area contributed by atoms with E-state index in [2.05, 4.69) is 34.0 Å². The number of anilines is 1. The number of aryl methyl sites for hydroxylation is 1. The fraction of sp³-hybridized carbons (Fsp3) is 0.500.